The molecule has 0 spiro atoms. The van der Waals surface area contributed by atoms with E-state index in [-0.39, 0.29) is 0 Å². The van der Waals surface area contributed by atoms with Crippen LogP contribution in [0.3, 0.4) is 0 Å². The van der Waals surface area contributed by atoms with Crippen molar-refractivity contribution in [3.05, 3.63) is 74.5 Å². The molecule has 0 bridgehead atoms. The molecule has 0 aliphatic carbocycles. The number of aryl methyl sites for hydroxylation is 1. The molecule has 0 amide bonds. The van der Waals surface area contributed by atoms with E-state index in [4.69, 9.17) is 0 Å². The van der Waals surface area contributed by atoms with Crippen LogP contribution in [0.4, 0.5) is 11.4 Å². The van der Waals surface area contributed by atoms with Gasteiger partial charge in [-0.25, -0.2) is 0 Å². The van der Waals surface area contributed by atoms with Gasteiger partial charge >= 0.3 is 0 Å². The molecule has 3 nitrogen and oxygen atoms in total. The Hall–Kier alpha value is -2.33. The van der Waals surface area contributed by atoms with Gasteiger partial charge < -0.3 is 5.32 Å². The maximum Gasteiger partial charge on any atom is 0.250 e. The summed E-state index contributed by atoms with van der Waals surface area (Å²) in [6, 6.07) is 15.4. The van der Waals surface area contributed by atoms with Crippen molar-refractivity contribution in [1.82, 2.24) is 0 Å². The highest BCUT2D eigenvalue weighted by molar-refractivity contribution is 7.98. The number of nitrogens with one attached hydrogen (secondary N) is 1. The molecule has 0 atom stereocenters. The molecular weight excluding hydrogens is 294 g/mol. The lowest BCUT2D eigenvalue weighted by molar-refractivity contribution is 1.35. The molecule has 0 fully saturated rings. The lowest BCUT2D eigenvalue weighted by atomic mass is 9.97. The first-order chi connectivity index (χ1) is 10.6. The molecule has 3 aromatic rings. The minimum absolute atomic E-state index is 0.382. The smallest absolute Gasteiger partial charge is 0.250 e. The normalized spacial score (nSPS) is 10.8. The molecular formula is C18H15NO2S. The maximum absolute atomic E-state index is 11.9. The number of rotatable bonds is 4. The monoisotopic (exact) mass is 309 g/mol. The Balaban J connectivity index is 1.98. The summed E-state index contributed by atoms with van der Waals surface area (Å²) in [5, 5.41) is 3.09. The molecule has 3 aromatic carbocycles. The van der Waals surface area contributed by atoms with Gasteiger partial charge in [-0.05, 0) is 36.9 Å². The lowest BCUT2D eigenvalue weighted by Crippen LogP contribution is -2.35. The van der Waals surface area contributed by atoms with Crippen LogP contribution in [0.15, 0.2) is 63.0 Å². The Kier molecular flexibility index (Phi) is 3.86. The number of benzene rings is 2. The summed E-state index contributed by atoms with van der Waals surface area (Å²) in [5.41, 5.74) is 2.68. The van der Waals surface area contributed by atoms with Gasteiger partial charge in [0.2, 0.25) is 5.43 Å². The zero-order valence-electron chi connectivity index (χ0n) is 12.3. The van der Waals surface area contributed by atoms with E-state index < -0.39 is 10.9 Å². The van der Waals surface area contributed by atoms with Crippen molar-refractivity contribution in [2.24, 2.45) is 0 Å². The molecule has 0 radical (unpaired) electrons. The Morgan fingerprint density at radius 3 is 2.36 bits per heavy atom. The zero-order valence-corrected chi connectivity index (χ0v) is 13.2. The predicted molar refractivity (Wildman–Crippen MR) is 93.0 cm³/mol. The largest absolute Gasteiger partial charge is 0.352 e. The van der Waals surface area contributed by atoms with E-state index in [2.05, 4.69) is 5.32 Å². The fraction of sp³-hybridized carbons (Fsp3) is 0.111. The SMILES string of the molecule is CSc1cccc(Nc2c(-c3ccc(C)cc3)c(=O)c2=O)c1. The first-order valence-corrected chi connectivity index (χ1v) is 8.14. The van der Waals surface area contributed by atoms with Crippen molar-refractivity contribution in [3.8, 4) is 11.1 Å². The van der Waals surface area contributed by atoms with Gasteiger partial charge in [-0.3, -0.25) is 9.59 Å². The predicted octanol–water partition coefficient (Wildman–Crippen LogP) is 3.72. The van der Waals surface area contributed by atoms with Gasteiger partial charge in [-0.2, -0.15) is 0 Å². The number of hydrogen-bond donors (Lipinski definition) is 1. The van der Waals surface area contributed by atoms with E-state index in [1.807, 2.05) is 61.7 Å². The summed E-state index contributed by atoms with van der Waals surface area (Å²) >= 11 is 1.63. The number of anilines is 2. The summed E-state index contributed by atoms with van der Waals surface area (Å²) < 4.78 is 0. The Morgan fingerprint density at radius 2 is 1.68 bits per heavy atom. The highest BCUT2D eigenvalue weighted by Crippen LogP contribution is 2.28. The van der Waals surface area contributed by atoms with Crippen molar-refractivity contribution in [1.29, 1.82) is 0 Å². The molecule has 110 valence electrons. The first kappa shape index (κ1) is 14.6. The summed E-state index contributed by atoms with van der Waals surface area (Å²) in [4.78, 5) is 24.9. The van der Waals surface area contributed by atoms with Gasteiger partial charge in [-0.15, -0.1) is 11.8 Å². The van der Waals surface area contributed by atoms with Gasteiger partial charge in [-0.1, -0.05) is 35.9 Å². The van der Waals surface area contributed by atoms with Crippen LogP contribution >= 0.6 is 11.8 Å². The van der Waals surface area contributed by atoms with Crippen LogP contribution in [-0.2, 0) is 0 Å². The minimum Gasteiger partial charge on any atom is -0.352 e. The van der Waals surface area contributed by atoms with E-state index in [9.17, 15) is 9.59 Å². The second-order valence-corrected chi connectivity index (χ2v) is 6.01. The van der Waals surface area contributed by atoms with Crippen LogP contribution in [0.25, 0.3) is 11.1 Å². The van der Waals surface area contributed by atoms with Gasteiger partial charge in [0.15, 0.2) is 0 Å². The summed E-state index contributed by atoms with van der Waals surface area (Å²) in [7, 11) is 0. The molecule has 4 heteroatoms. The quantitative estimate of drug-likeness (QED) is 0.589. The minimum atomic E-state index is -0.454. The zero-order chi connectivity index (χ0) is 15.7. The van der Waals surface area contributed by atoms with Crippen LogP contribution in [0.1, 0.15) is 5.56 Å². The van der Waals surface area contributed by atoms with Crippen LogP contribution < -0.4 is 16.2 Å². The number of thioether (sulfide) groups is 1. The van der Waals surface area contributed by atoms with Gasteiger partial charge in [0.1, 0.15) is 5.69 Å². The molecule has 0 saturated heterocycles. The second-order valence-electron chi connectivity index (χ2n) is 5.13. The van der Waals surface area contributed by atoms with Crippen molar-refractivity contribution in [2.45, 2.75) is 11.8 Å². The standard InChI is InChI=1S/C18H15NO2S/c1-11-6-8-12(9-7-11)15-16(18(21)17(15)20)19-13-4-3-5-14(10-13)22-2/h3-10,19H,1-2H3. The highest BCUT2D eigenvalue weighted by Gasteiger charge is 2.22. The Bertz CT molecular complexity index is 890. The van der Waals surface area contributed by atoms with Gasteiger partial charge in [0.05, 0.1) is 5.56 Å². The van der Waals surface area contributed by atoms with Gasteiger partial charge in [0.25, 0.3) is 5.43 Å². The van der Waals surface area contributed by atoms with E-state index in [0.717, 1.165) is 21.7 Å². The van der Waals surface area contributed by atoms with Crippen LogP contribution in [-0.4, -0.2) is 6.26 Å². The van der Waals surface area contributed by atoms with E-state index in [1.165, 1.54) is 0 Å². The van der Waals surface area contributed by atoms with Crippen LogP contribution in [0.2, 0.25) is 0 Å². The molecule has 0 saturated carbocycles. The Labute approximate surface area is 132 Å². The Morgan fingerprint density at radius 1 is 0.955 bits per heavy atom. The average Bonchev–Trinajstić information content (AvgIpc) is 2.56. The molecule has 0 heterocycles. The lowest BCUT2D eigenvalue weighted by Gasteiger charge is -2.14. The molecule has 0 aliphatic rings. The molecule has 0 unspecified atom stereocenters. The molecule has 0 aromatic heterocycles. The summed E-state index contributed by atoms with van der Waals surface area (Å²) in [6.45, 7) is 1.99. The number of hydrogen-bond acceptors (Lipinski definition) is 4. The van der Waals surface area contributed by atoms with Gasteiger partial charge in [0, 0.05) is 10.6 Å². The van der Waals surface area contributed by atoms with Crippen molar-refractivity contribution < 1.29 is 0 Å². The van der Waals surface area contributed by atoms with E-state index in [0.29, 0.717) is 11.3 Å². The molecule has 1 N–H and O–H groups in total. The van der Waals surface area contributed by atoms with E-state index >= 15 is 0 Å². The fourth-order valence-corrected chi connectivity index (χ4v) is 2.81. The fourth-order valence-electron chi connectivity index (χ4n) is 2.35. The van der Waals surface area contributed by atoms with Crippen molar-refractivity contribution >= 4 is 23.1 Å². The third-order valence-corrected chi connectivity index (χ3v) is 4.32. The average molecular weight is 309 g/mol. The van der Waals surface area contributed by atoms with Crippen LogP contribution in [0, 0.1) is 6.92 Å². The highest BCUT2D eigenvalue weighted by atomic mass is 32.2. The third-order valence-electron chi connectivity index (χ3n) is 3.59. The van der Waals surface area contributed by atoms with Crippen molar-refractivity contribution in [3.63, 3.8) is 0 Å². The topological polar surface area (TPSA) is 46.2 Å². The molecule has 22 heavy (non-hydrogen) atoms. The first-order valence-electron chi connectivity index (χ1n) is 6.91. The van der Waals surface area contributed by atoms with E-state index in [1.54, 1.807) is 11.8 Å². The summed E-state index contributed by atoms with van der Waals surface area (Å²) in [6.07, 6.45) is 1.99. The van der Waals surface area contributed by atoms with Crippen molar-refractivity contribution in [2.75, 3.05) is 11.6 Å². The third kappa shape index (κ3) is 2.57. The summed E-state index contributed by atoms with van der Waals surface area (Å²) in [5.74, 6) is 0. The molecule has 0 aliphatic heterocycles. The molecule has 3 rings (SSSR count). The second kappa shape index (κ2) is 5.81. The van der Waals surface area contributed by atoms with Crippen LogP contribution in [0.5, 0.6) is 0 Å². The maximum atomic E-state index is 11.9.